The van der Waals surface area contributed by atoms with Crippen LogP contribution in [-0.2, 0) is 17.5 Å². The summed E-state index contributed by atoms with van der Waals surface area (Å²) in [6.45, 7) is 2.55. The standard InChI is InChI=1S/C26H26F3N3O3/c1-2-25(35)31-12-13-32(20-9-7-19(8-10-20)26(27,28)29)23-11-6-17(14-18(23)15-31)21-4-3-5-22(30-21)24(34)16-33/h3-11,14,24,33-34H,2,12-13,15-16H2,1H3/t24-/m1/s1. The van der Waals surface area contributed by atoms with Gasteiger partial charge in [-0.2, -0.15) is 13.2 Å². The van der Waals surface area contributed by atoms with E-state index in [9.17, 15) is 28.2 Å². The highest BCUT2D eigenvalue weighted by Gasteiger charge is 2.31. The molecule has 2 N–H and O–H groups in total. The summed E-state index contributed by atoms with van der Waals surface area (Å²) in [7, 11) is 0. The number of halogens is 3. The minimum Gasteiger partial charge on any atom is -0.393 e. The van der Waals surface area contributed by atoms with Crippen LogP contribution in [0.2, 0.25) is 0 Å². The number of hydrogen-bond acceptors (Lipinski definition) is 5. The zero-order chi connectivity index (χ0) is 25.2. The highest BCUT2D eigenvalue weighted by molar-refractivity contribution is 5.78. The number of anilines is 2. The van der Waals surface area contributed by atoms with Crippen LogP contribution in [0.4, 0.5) is 24.5 Å². The van der Waals surface area contributed by atoms with Gasteiger partial charge in [-0.25, -0.2) is 4.98 Å². The van der Waals surface area contributed by atoms with Crippen molar-refractivity contribution in [1.82, 2.24) is 9.88 Å². The molecule has 2 heterocycles. The largest absolute Gasteiger partial charge is 0.416 e. The fourth-order valence-corrected chi connectivity index (χ4v) is 4.19. The van der Waals surface area contributed by atoms with E-state index in [0.29, 0.717) is 43.1 Å². The molecule has 0 saturated heterocycles. The van der Waals surface area contributed by atoms with Crippen LogP contribution in [0.15, 0.2) is 60.7 Å². The summed E-state index contributed by atoms with van der Waals surface area (Å²) in [5, 5.41) is 19.2. The number of amides is 1. The summed E-state index contributed by atoms with van der Waals surface area (Å²) in [4.78, 5) is 20.7. The van der Waals surface area contributed by atoms with Crippen LogP contribution in [-0.4, -0.2) is 45.7 Å². The predicted octanol–water partition coefficient (Wildman–Crippen LogP) is 4.68. The first-order valence-electron chi connectivity index (χ1n) is 11.3. The van der Waals surface area contributed by atoms with Gasteiger partial charge in [-0.05, 0) is 54.1 Å². The second kappa shape index (κ2) is 10.1. The summed E-state index contributed by atoms with van der Waals surface area (Å²) in [5.41, 5.74) is 3.21. The number of fused-ring (bicyclic) bond motifs is 1. The highest BCUT2D eigenvalue weighted by Crippen LogP contribution is 2.36. The molecule has 9 heteroatoms. The lowest BCUT2D eigenvalue weighted by molar-refractivity contribution is -0.137. The van der Waals surface area contributed by atoms with Gasteiger partial charge < -0.3 is 20.0 Å². The van der Waals surface area contributed by atoms with Gasteiger partial charge in [0.05, 0.1) is 23.6 Å². The molecule has 0 unspecified atom stereocenters. The van der Waals surface area contributed by atoms with Crippen LogP contribution in [0, 0.1) is 0 Å². The Labute approximate surface area is 201 Å². The molecule has 4 rings (SSSR count). The first kappa shape index (κ1) is 24.7. The zero-order valence-electron chi connectivity index (χ0n) is 19.2. The van der Waals surface area contributed by atoms with Crippen molar-refractivity contribution < 1.29 is 28.2 Å². The van der Waals surface area contributed by atoms with Crippen molar-refractivity contribution in [3.8, 4) is 11.3 Å². The highest BCUT2D eigenvalue weighted by atomic mass is 19.4. The molecule has 35 heavy (non-hydrogen) atoms. The van der Waals surface area contributed by atoms with E-state index in [1.807, 2.05) is 23.1 Å². The van der Waals surface area contributed by atoms with Crippen LogP contribution in [0.5, 0.6) is 0 Å². The Hall–Kier alpha value is -3.43. The Morgan fingerprint density at radius 3 is 2.49 bits per heavy atom. The smallest absolute Gasteiger partial charge is 0.393 e. The van der Waals surface area contributed by atoms with Crippen LogP contribution in [0.3, 0.4) is 0 Å². The molecular weight excluding hydrogens is 459 g/mol. The van der Waals surface area contributed by atoms with Gasteiger partial charge in [-0.1, -0.05) is 19.1 Å². The Balaban J connectivity index is 1.75. The Kier molecular flexibility index (Phi) is 7.09. The maximum atomic E-state index is 13.1. The quantitative estimate of drug-likeness (QED) is 0.549. The third kappa shape index (κ3) is 5.31. The molecule has 0 saturated carbocycles. The fourth-order valence-electron chi connectivity index (χ4n) is 4.19. The normalized spacial score (nSPS) is 14.9. The second-order valence-electron chi connectivity index (χ2n) is 8.35. The molecule has 0 aliphatic carbocycles. The van der Waals surface area contributed by atoms with Crippen molar-refractivity contribution >= 4 is 17.3 Å². The number of pyridine rings is 1. The van der Waals surface area contributed by atoms with Crippen molar-refractivity contribution in [3.63, 3.8) is 0 Å². The van der Waals surface area contributed by atoms with Gasteiger partial charge in [0, 0.05) is 43.0 Å². The molecular formula is C26H26F3N3O3. The first-order chi connectivity index (χ1) is 16.7. The van der Waals surface area contributed by atoms with Crippen molar-refractivity contribution in [2.45, 2.75) is 32.2 Å². The number of benzene rings is 2. The number of carbonyl (C=O) groups is 1. The van der Waals surface area contributed by atoms with Crippen LogP contribution in [0.1, 0.15) is 36.3 Å². The number of nitrogens with zero attached hydrogens (tertiary/aromatic N) is 3. The Morgan fingerprint density at radius 2 is 1.83 bits per heavy atom. The van der Waals surface area contributed by atoms with Crippen LogP contribution < -0.4 is 4.90 Å². The molecule has 1 aromatic heterocycles. The maximum absolute atomic E-state index is 13.1. The predicted molar refractivity (Wildman–Crippen MR) is 126 cm³/mol. The van der Waals surface area contributed by atoms with E-state index in [0.717, 1.165) is 28.9 Å². The molecule has 1 aliphatic rings. The van der Waals surface area contributed by atoms with Crippen molar-refractivity contribution in [3.05, 3.63) is 77.5 Å². The van der Waals surface area contributed by atoms with E-state index < -0.39 is 24.5 Å². The van der Waals surface area contributed by atoms with E-state index in [4.69, 9.17) is 0 Å². The SMILES string of the molecule is CCC(=O)N1CCN(c2ccc(C(F)(F)F)cc2)c2ccc(-c3cccc([C@H](O)CO)n3)cc2C1. The molecule has 3 aromatic rings. The minimum absolute atomic E-state index is 0.0122. The monoisotopic (exact) mass is 485 g/mol. The number of alkyl halides is 3. The lowest BCUT2D eigenvalue weighted by Crippen LogP contribution is -2.33. The lowest BCUT2D eigenvalue weighted by atomic mass is 10.0. The lowest BCUT2D eigenvalue weighted by Gasteiger charge is -2.25. The molecule has 184 valence electrons. The Morgan fingerprint density at radius 1 is 1.09 bits per heavy atom. The van der Waals surface area contributed by atoms with Crippen molar-refractivity contribution in [1.29, 1.82) is 0 Å². The van der Waals surface area contributed by atoms with E-state index in [1.54, 1.807) is 30.0 Å². The minimum atomic E-state index is -4.42. The molecule has 2 aromatic carbocycles. The number of hydrogen-bond donors (Lipinski definition) is 2. The summed E-state index contributed by atoms with van der Waals surface area (Å²) < 4.78 is 39.2. The molecule has 0 fully saturated rings. The van der Waals surface area contributed by atoms with Gasteiger partial charge in [0.15, 0.2) is 0 Å². The van der Waals surface area contributed by atoms with Crippen LogP contribution in [0.25, 0.3) is 11.3 Å². The van der Waals surface area contributed by atoms with Gasteiger partial charge in [0.1, 0.15) is 6.10 Å². The third-order valence-electron chi connectivity index (χ3n) is 6.07. The third-order valence-corrected chi connectivity index (χ3v) is 6.07. The van der Waals surface area contributed by atoms with E-state index >= 15 is 0 Å². The molecule has 0 radical (unpaired) electrons. The summed E-state index contributed by atoms with van der Waals surface area (Å²) >= 11 is 0. The molecule has 1 amide bonds. The van der Waals surface area contributed by atoms with Crippen LogP contribution >= 0.6 is 0 Å². The molecule has 0 bridgehead atoms. The number of aliphatic hydroxyl groups excluding tert-OH is 2. The average Bonchev–Trinajstić information content (AvgIpc) is 3.06. The molecule has 1 aliphatic heterocycles. The molecule has 6 nitrogen and oxygen atoms in total. The zero-order valence-corrected chi connectivity index (χ0v) is 19.2. The fraction of sp³-hybridized carbons (Fsp3) is 0.308. The number of rotatable bonds is 5. The number of aromatic nitrogens is 1. The van der Waals surface area contributed by atoms with Gasteiger partial charge in [-0.3, -0.25) is 4.79 Å². The first-order valence-corrected chi connectivity index (χ1v) is 11.3. The van der Waals surface area contributed by atoms with E-state index in [-0.39, 0.29) is 5.91 Å². The summed E-state index contributed by atoms with van der Waals surface area (Å²) in [6, 6.07) is 15.8. The van der Waals surface area contributed by atoms with Gasteiger partial charge >= 0.3 is 6.18 Å². The average molecular weight is 486 g/mol. The van der Waals surface area contributed by atoms with Gasteiger partial charge in [-0.15, -0.1) is 0 Å². The van der Waals surface area contributed by atoms with Gasteiger partial charge in [0.25, 0.3) is 0 Å². The van der Waals surface area contributed by atoms with E-state index in [1.165, 1.54) is 12.1 Å². The van der Waals surface area contributed by atoms with Crippen molar-refractivity contribution in [2.75, 3.05) is 24.6 Å². The number of carbonyl (C=O) groups excluding carboxylic acids is 1. The summed E-state index contributed by atoms with van der Waals surface area (Å²) in [5.74, 6) is -0.0122. The number of aliphatic hydroxyl groups is 2. The maximum Gasteiger partial charge on any atom is 0.416 e. The molecule has 1 atom stereocenters. The topological polar surface area (TPSA) is 76.9 Å². The second-order valence-corrected chi connectivity index (χ2v) is 8.35. The Bertz CT molecular complexity index is 1200. The molecule has 0 spiro atoms. The van der Waals surface area contributed by atoms with Crippen molar-refractivity contribution in [2.24, 2.45) is 0 Å². The van der Waals surface area contributed by atoms with E-state index in [2.05, 4.69) is 4.98 Å². The van der Waals surface area contributed by atoms with Gasteiger partial charge in [0.2, 0.25) is 5.91 Å². The summed E-state index contributed by atoms with van der Waals surface area (Å²) in [6.07, 6.45) is -5.17.